The van der Waals surface area contributed by atoms with Gasteiger partial charge in [-0.2, -0.15) is 13.2 Å². The summed E-state index contributed by atoms with van der Waals surface area (Å²) in [4.78, 5) is 27.5. The number of halogens is 3. The maximum Gasteiger partial charge on any atom is 0.458 e. The average Bonchev–Trinajstić information content (AvgIpc) is 2.97. The van der Waals surface area contributed by atoms with Crippen LogP contribution in [0.5, 0.6) is 0 Å². The van der Waals surface area contributed by atoms with Gasteiger partial charge in [0.15, 0.2) is 0 Å². The Kier molecular flexibility index (Phi) is 5.80. The summed E-state index contributed by atoms with van der Waals surface area (Å²) in [6, 6.07) is 37.3. The van der Waals surface area contributed by atoms with Crippen molar-refractivity contribution in [3.8, 4) is 0 Å². The van der Waals surface area contributed by atoms with Crippen molar-refractivity contribution in [2.24, 2.45) is 0 Å². The number of fused-ring (bicyclic) bond motifs is 3. The van der Waals surface area contributed by atoms with Crippen molar-refractivity contribution in [2.75, 3.05) is 0 Å². The van der Waals surface area contributed by atoms with Crippen molar-refractivity contribution < 1.29 is 22.8 Å². The molecule has 0 N–H and O–H groups in total. The fraction of sp³-hybridized carbons (Fsp3) is 0.0588. The Balaban J connectivity index is 1.90. The summed E-state index contributed by atoms with van der Waals surface area (Å²) in [5.41, 5.74) is -1.16. The molecule has 2 nitrogen and oxygen atoms in total. The lowest BCUT2D eigenvalue weighted by atomic mass is 9.62. The van der Waals surface area contributed by atoms with E-state index >= 15 is 0 Å². The molecule has 39 heavy (non-hydrogen) atoms. The SMILES string of the molecule is O=C(C(=O)C(c1cccc2ccccc12)(c1cccc2ccccc12)c1cccc2ccccc12)C(F)(F)F. The summed E-state index contributed by atoms with van der Waals surface area (Å²) < 4.78 is 42.4. The fourth-order valence-electron chi connectivity index (χ4n) is 5.76. The van der Waals surface area contributed by atoms with E-state index in [1.165, 1.54) is 0 Å². The summed E-state index contributed by atoms with van der Waals surface area (Å²) in [7, 11) is 0. The molecular formula is C34H21F3O2. The molecule has 0 atom stereocenters. The molecule has 0 aromatic heterocycles. The smallest absolute Gasteiger partial charge is 0.289 e. The number of alkyl halides is 3. The normalized spacial score (nSPS) is 12.2. The first-order valence-corrected chi connectivity index (χ1v) is 12.4. The van der Waals surface area contributed by atoms with E-state index in [4.69, 9.17) is 0 Å². The van der Waals surface area contributed by atoms with Crippen LogP contribution in [0.2, 0.25) is 0 Å². The van der Waals surface area contributed by atoms with E-state index in [9.17, 15) is 22.8 Å². The van der Waals surface area contributed by atoms with E-state index in [0.717, 1.165) is 16.2 Å². The zero-order valence-corrected chi connectivity index (χ0v) is 20.6. The van der Waals surface area contributed by atoms with Crippen LogP contribution in [-0.2, 0) is 15.0 Å². The molecule has 0 unspecified atom stereocenters. The molecule has 0 amide bonds. The van der Waals surface area contributed by atoms with Crippen molar-refractivity contribution in [3.63, 3.8) is 0 Å². The number of ketones is 2. The first-order valence-electron chi connectivity index (χ1n) is 12.4. The predicted molar refractivity (Wildman–Crippen MR) is 148 cm³/mol. The highest BCUT2D eigenvalue weighted by molar-refractivity contribution is 6.45. The monoisotopic (exact) mass is 518 g/mol. The lowest BCUT2D eigenvalue weighted by Gasteiger charge is -2.36. The van der Waals surface area contributed by atoms with Gasteiger partial charge in [-0.3, -0.25) is 9.59 Å². The largest absolute Gasteiger partial charge is 0.458 e. The third-order valence-corrected chi connectivity index (χ3v) is 7.39. The molecule has 6 rings (SSSR count). The Hall–Kier alpha value is -4.77. The van der Waals surface area contributed by atoms with Crippen molar-refractivity contribution in [2.45, 2.75) is 11.6 Å². The van der Waals surface area contributed by atoms with Gasteiger partial charge in [-0.1, -0.05) is 127 Å². The van der Waals surface area contributed by atoms with E-state index in [1.54, 1.807) is 72.8 Å². The van der Waals surface area contributed by atoms with Gasteiger partial charge in [0, 0.05) is 0 Å². The van der Waals surface area contributed by atoms with Gasteiger partial charge in [0.1, 0.15) is 5.41 Å². The van der Waals surface area contributed by atoms with Crippen molar-refractivity contribution in [1.29, 1.82) is 0 Å². The van der Waals surface area contributed by atoms with Crippen molar-refractivity contribution >= 4 is 43.9 Å². The van der Waals surface area contributed by atoms with Gasteiger partial charge >= 0.3 is 12.0 Å². The number of hydrogen-bond acceptors (Lipinski definition) is 2. The molecule has 0 radical (unpaired) electrons. The summed E-state index contributed by atoms with van der Waals surface area (Å²) in [6.45, 7) is 0. The lowest BCUT2D eigenvalue weighted by Crippen LogP contribution is -2.47. The Morgan fingerprint density at radius 2 is 0.718 bits per heavy atom. The standard InChI is InChI=1S/C34H21F3O2/c35-34(36,37)32(39)31(38)33(28-19-7-13-22-10-1-4-16-25(22)28,29-20-8-14-23-11-2-5-17-26(23)29)30-21-9-15-24-12-3-6-18-27(24)30/h1-21H. The van der Waals surface area contributed by atoms with E-state index in [-0.39, 0.29) is 0 Å². The number of benzene rings is 6. The highest BCUT2D eigenvalue weighted by Crippen LogP contribution is 2.48. The Bertz CT molecular complexity index is 1700. The quantitative estimate of drug-likeness (QED) is 0.170. The molecule has 0 heterocycles. The Morgan fingerprint density at radius 3 is 1.05 bits per heavy atom. The molecule has 6 aromatic rings. The average molecular weight is 519 g/mol. The van der Waals surface area contributed by atoms with Gasteiger partial charge in [-0.05, 0) is 49.0 Å². The molecule has 0 bridgehead atoms. The number of hydrogen-bond donors (Lipinski definition) is 0. The topological polar surface area (TPSA) is 34.1 Å². The van der Waals surface area contributed by atoms with E-state index < -0.39 is 23.2 Å². The second-order valence-electron chi connectivity index (χ2n) is 9.49. The fourth-order valence-corrected chi connectivity index (χ4v) is 5.76. The van der Waals surface area contributed by atoms with Crippen LogP contribution in [0, 0.1) is 0 Å². The van der Waals surface area contributed by atoms with Gasteiger partial charge in [-0.15, -0.1) is 0 Å². The maximum atomic E-state index is 14.5. The summed E-state index contributed by atoms with van der Waals surface area (Å²) in [5, 5.41) is 3.99. The van der Waals surface area contributed by atoms with Crippen LogP contribution in [0.1, 0.15) is 16.7 Å². The molecule has 0 saturated heterocycles. The van der Waals surface area contributed by atoms with Crippen LogP contribution in [0.15, 0.2) is 127 Å². The Morgan fingerprint density at radius 1 is 0.410 bits per heavy atom. The van der Waals surface area contributed by atoms with Gasteiger partial charge in [0.05, 0.1) is 0 Å². The van der Waals surface area contributed by atoms with Gasteiger partial charge in [0.25, 0.3) is 0 Å². The second kappa shape index (κ2) is 9.21. The molecule has 0 fully saturated rings. The third-order valence-electron chi connectivity index (χ3n) is 7.39. The van der Waals surface area contributed by atoms with Crippen LogP contribution in [0.4, 0.5) is 13.2 Å². The molecule has 0 aliphatic carbocycles. The Labute approximate surface area is 222 Å². The number of Topliss-reactive ketones (excluding diaryl/α,β-unsaturated/α-hetero) is 2. The molecular weight excluding hydrogens is 497 g/mol. The minimum Gasteiger partial charge on any atom is -0.289 e. The van der Waals surface area contributed by atoms with E-state index in [2.05, 4.69) is 0 Å². The first kappa shape index (κ1) is 24.6. The zero-order valence-electron chi connectivity index (χ0n) is 20.6. The highest BCUT2D eigenvalue weighted by atomic mass is 19.4. The molecule has 6 aromatic carbocycles. The van der Waals surface area contributed by atoms with Crippen molar-refractivity contribution in [1.82, 2.24) is 0 Å². The van der Waals surface area contributed by atoms with E-state index in [0.29, 0.717) is 32.8 Å². The van der Waals surface area contributed by atoms with Crippen LogP contribution in [-0.4, -0.2) is 17.7 Å². The molecule has 0 aliphatic heterocycles. The molecule has 0 aliphatic rings. The lowest BCUT2D eigenvalue weighted by molar-refractivity contribution is -0.175. The van der Waals surface area contributed by atoms with Crippen LogP contribution in [0.25, 0.3) is 32.3 Å². The predicted octanol–water partition coefficient (Wildman–Crippen LogP) is 8.18. The van der Waals surface area contributed by atoms with Gasteiger partial charge < -0.3 is 0 Å². The minimum atomic E-state index is -5.36. The van der Waals surface area contributed by atoms with Gasteiger partial charge in [0.2, 0.25) is 5.78 Å². The summed E-state index contributed by atoms with van der Waals surface area (Å²) in [5.74, 6) is -3.93. The second-order valence-corrected chi connectivity index (χ2v) is 9.49. The maximum absolute atomic E-state index is 14.5. The van der Waals surface area contributed by atoms with Crippen LogP contribution >= 0.6 is 0 Å². The summed E-state index contributed by atoms with van der Waals surface area (Å²) >= 11 is 0. The van der Waals surface area contributed by atoms with Crippen molar-refractivity contribution in [3.05, 3.63) is 144 Å². The third kappa shape index (κ3) is 3.81. The zero-order chi connectivity index (χ0) is 27.2. The van der Waals surface area contributed by atoms with Crippen LogP contribution < -0.4 is 0 Å². The minimum absolute atomic E-state index is 0.316. The number of rotatable bonds is 5. The van der Waals surface area contributed by atoms with E-state index in [1.807, 2.05) is 54.6 Å². The highest BCUT2D eigenvalue weighted by Gasteiger charge is 2.55. The molecule has 5 heteroatoms. The first-order chi connectivity index (χ1) is 18.8. The number of carbonyl (C=O) groups is 2. The van der Waals surface area contributed by atoms with Gasteiger partial charge in [-0.25, -0.2) is 0 Å². The molecule has 0 spiro atoms. The molecule has 190 valence electrons. The number of carbonyl (C=O) groups excluding carboxylic acids is 2. The molecule has 0 saturated carbocycles. The van der Waals surface area contributed by atoms with Crippen LogP contribution in [0.3, 0.4) is 0 Å². The summed E-state index contributed by atoms with van der Waals surface area (Å²) in [6.07, 6.45) is -5.36.